The Morgan fingerprint density at radius 2 is 1.58 bits per heavy atom. The Balaban J connectivity index is 1.80. The van der Waals surface area contributed by atoms with Crippen LogP contribution in [0.4, 0.5) is 16.2 Å². The number of carbonyl (C=O) groups excluding carboxylic acids is 1. The SMILES string of the molecule is Cc1cccc(NC(=O)Nc2ccc3nc(C)c(C)nc3c2)c1C. The lowest BCUT2D eigenvalue weighted by Crippen LogP contribution is -2.20. The highest BCUT2D eigenvalue weighted by molar-refractivity contribution is 6.01. The molecule has 3 aromatic rings. The van der Waals surface area contributed by atoms with Gasteiger partial charge in [-0.25, -0.2) is 14.8 Å². The van der Waals surface area contributed by atoms with Crippen molar-refractivity contribution in [3.05, 3.63) is 58.9 Å². The third kappa shape index (κ3) is 3.20. The van der Waals surface area contributed by atoms with Gasteiger partial charge in [0, 0.05) is 11.4 Å². The molecule has 1 heterocycles. The molecule has 0 atom stereocenters. The third-order valence-electron chi connectivity index (χ3n) is 4.19. The summed E-state index contributed by atoms with van der Waals surface area (Å²) in [6.07, 6.45) is 0. The molecule has 0 aliphatic carbocycles. The summed E-state index contributed by atoms with van der Waals surface area (Å²) in [5, 5.41) is 5.73. The molecule has 0 aliphatic rings. The summed E-state index contributed by atoms with van der Waals surface area (Å²) in [5.74, 6) is 0. The molecule has 24 heavy (non-hydrogen) atoms. The van der Waals surface area contributed by atoms with Gasteiger partial charge in [0.1, 0.15) is 0 Å². The van der Waals surface area contributed by atoms with E-state index in [0.717, 1.165) is 39.2 Å². The number of amides is 2. The van der Waals surface area contributed by atoms with Crippen molar-refractivity contribution < 1.29 is 4.79 Å². The topological polar surface area (TPSA) is 66.9 Å². The highest BCUT2D eigenvalue weighted by Gasteiger charge is 2.08. The first kappa shape index (κ1) is 15.9. The lowest BCUT2D eigenvalue weighted by atomic mass is 10.1. The fraction of sp³-hybridized carbons (Fsp3) is 0.211. The second-order valence-corrected chi connectivity index (χ2v) is 5.92. The molecule has 0 aliphatic heterocycles. The monoisotopic (exact) mass is 320 g/mol. The molecule has 3 rings (SSSR count). The minimum Gasteiger partial charge on any atom is -0.308 e. The lowest BCUT2D eigenvalue weighted by Gasteiger charge is -2.12. The second-order valence-electron chi connectivity index (χ2n) is 5.92. The van der Waals surface area contributed by atoms with E-state index in [1.807, 2.05) is 64.1 Å². The summed E-state index contributed by atoms with van der Waals surface area (Å²) in [7, 11) is 0. The Hall–Kier alpha value is -2.95. The average Bonchev–Trinajstić information content (AvgIpc) is 2.53. The minimum atomic E-state index is -0.278. The molecule has 2 aromatic carbocycles. The zero-order valence-electron chi connectivity index (χ0n) is 14.3. The first-order valence-corrected chi connectivity index (χ1v) is 7.83. The van der Waals surface area contributed by atoms with Crippen molar-refractivity contribution in [3.63, 3.8) is 0 Å². The van der Waals surface area contributed by atoms with E-state index in [-0.39, 0.29) is 6.03 Å². The van der Waals surface area contributed by atoms with E-state index in [1.54, 1.807) is 0 Å². The molecule has 2 N–H and O–H groups in total. The van der Waals surface area contributed by atoms with Crippen LogP contribution in [0.3, 0.4) is 0 Å². The summed E-state index contributed by atoms with van der Waals surface area (Å²) in [6, 6.07) is 11.1. The number of aromatic nitrogens is 2. The van der Waals surface area contributed by atoms with E-state index in [9.17, 15) is 4.79 Å². The quantitative estimate of drug-likeness (QED) is 0.730. The van der Waals surface area contributed by atoms with Gasteiger partial charge in [-0.1, -0.05) is 12.1 Å². The van der Waals surface area contributed by atoms with Crippen LogP contribution in [0.2, 0.25) is 0 Å². The van der Waals surface area contributed by atoms with Gasteiger partial charge in [0.25, 0.3) is 0 Å². The van der Waals surface area contributed by atoms with Crippen molar-refractivity contribution in [2.75, 3.05) is 10.6 Å². The zero-order valence-corrected chi connectivity index (χ0v) is 14.3. The number of benzene rings is 2. The molecule has 0 unspecified atom stereocenters. The first-order valence-electron chi connectivity index (χ1n) is 7.83. The molecule has 5 nitrogen and oxygen atoms in total. The molecule has 0 bridgehead atoms. The van der Waals surface area contributed by atoms with Gasteiger partial charge in [-0.15, -0.1) is 0 Å². The molecule has 5 heteroatoms. The molecule has 0 saturated carbocycles. The van der Waals surface area contributed by atoms with Crippen LogP contribution in [-0.4, -0.2) is 16.0 Å². The van der Waals surface area contributed by atoms with Gasteiger partial charge in [0.05, 0.1) is 22.4 Å². The van der Waals surface area contributed by atoms with Gasteiger partial charge < -0.3 is 10.6 Å². The Morgan fingerprint density at radius 1 is 0.875 bits per heavy atom. The lowest BCUT2D eigenvalue weighted by molar-refractivity contribution is 0.262. The number of hydrogen-bond donors (Lipinski definition) is 2. The molecule has 2 amide bonds. The Kier molecular flexibility index (Phi) is 4.16. The van der Waals surface area contributed by atoms with Crippen molar-refractivity contribution in [2.24, 2.45) is 0 Å². The molecule has 0 saturated heterocycles. The van der Waals surface area contributed by atoms with Crippen LogP contribution < -0.4 is 10.6 Å². The number of nitrogens with zero attached hydrogens (tertiary/aromatic N) is 2. The standard InChI is InChI=1S/C19H20N4O/c1-11-6-5-7-16(12(11)2)23-19(24)22-15-8-9-17-18(10-15)21-14(4)13(3)20-17/h5-10H,1-4H3,(H2,22,23,24). The summed E-state index contributed by atoms with van der Waals surface area (Å²) >= 11 is 0. The van der Waals surface area contributed by atoms with Crippen LogP contribution in [-0.2, 0) is 0 Å². The van der Waals surface area contributed by atoms with Crippen molar-refractivity contribution in [2.45, 2.75) is 27.7 Å². The molecular formula is C19H20N4O. The largest absolute Gasteiger partial charge is 0.323 e. The van der Waals surface area contributed by atoms with E-state index < -0.39 is 0 Å². The Bertz CT molecular complexity index is 934. The fourth-order valence-corrected chi connectivity index (χ4v) is 2.48. The van der Waals surface area contributed by atoms with E-state index in [4.69, 9.17) is 0 Å². The van der Waals surface area contributed by atoms with Crippen LogP contribution in [0.1, 0.15) is 22.5 Å². The molecule has 0 spiro atoms. The number of anilines is 2. The highest BCUT2D eigenvalue weighted by atomic mass is 16.2. The molecular weight excluding hydrogens is 300 g/mol. The van der Waals surface area contributed by atoms with Gasteiger partial charge in [-0.05, 0) is 63.1 Å². The number of carbonyl (C=O) groups is 1. The smallest absolute Gasteiger partial charge is 0.308 e. The molecule has 0 fully saturated rings. The average molecular weight is 320 g/mol. The van der Waals surface area contributed by atoms with Crippen LogP contribution in [0.15, 0.2) is 36.4 Å². The number of urea groups is 1. The van der Waals surface area contributed by atoms with E-state index in [1.165, 1.54) is 0 Å². The van der Waals surface area contributed by atoms with Crippen molar-refractivity contribution in [3.8, 4) is 0 Å². The molecule has 0 radical (unpaired) electrons. The summed E-state index contributed by atoms with van der Waals surface area (Å²) in [6.45, 7) is 7.87. The fourth-order valence-electron chi connectivity index (χ4n) is 2.48. The maximum Gasteiger partial charge on any atom is 0.323 e. The predicted octanol–water partition coefficient (Wildman–Crippen LogP) is 4.51. The number of rotatable bonds is 2. The second kappa shape index (κ2) is 6.28. The van der Waals surface area contributed by atoms with E-state index in [2.05, 4.69) is 20.6 Å². The van der Waals surface area contributed by atoms with Gasteiger partial charge >= 0.3 is 6.03 Å². The number of aryl methyl sites for hydroxylation is 3. The third-order valence-corrected chi connectivity index (χ3v) is 4.19. The Labute approximate surface area is 141 Å². The van der Waals surface area contributed by atoms with Crippen LogP contribution in [0.5, 0.6) is 0 Å². The first-order chi connectivity index (χ1) is 11.4. The maximum absolute atomic E-state index is 12.2. The van der Waals surface area contributed by atoms with Crippen LogP contribution in [0.25, 0.3) is 11.0 Å². The van der Waals surface area contributed by atoms with Gasteiger partial charge in [-0.2, -0.15) is 0 Å². The van der Waals surface area contributed by atoms with Crippen LogP contribution in [0, 0.1) is 27.7 Å². The van der Waals surface area contributed by atoms with Gasteiger partial charge in [0.15, 0.2) is 0 Å². The van der Waals surface area contributed by atoms with E-state index >= 15 is 0 Å². The Morgan fingerprint density at radius 3 is 2.33 bits per heavy atom. The van der Waals surface area contributed by atoms with Crippen molar-refractivity contribution in [1.29, 1.82) is 0 Å². The molecule has 1 aromatic heterocycles. The summed E-state index contributed by atoms with van der Waals surface area (Å²) in [4.78, 5) is 21.3. The summed E-state index contributed by atoms with van der Waals surface area (Å²) in [5.41, 5.74) is 7.07. The van der Waals surface area contributed by atoms with Crippen molar-refractivity contribution >= 4 is 28.4 Å². The summed E-state index contributed by atoms with van der Waals surface area (Å²) < 4.78 is 0. The number of fused-ring (bicyclic) bond motifs is 1. The van der Waals surface area contributed by atoms with Gasteiger partial charge in [0.2, 0.25) is 0 Å². The number of hydrogen-bond acceptors (Lipinski definition) is 3. The van der Waals surface area contributed by atoms with Crippen molar-refractivity contribution in [1.82, 2.24) is 9.97 Å². The number of nitrogens with one attached hydrogen (secondary N) is 2. The zero-order chi connectivity index (χ0) is 17.3. The maximum atomic E-state index is 12.2. The normalized spacial score (nSPS) is 10.7. The minimum absolute atomic E-state index is 0.278. The van der Waals surface area contributed by atoms with E-state index in [0.29, 0.717) is 5.69 Å². The molecule has 122 valence electrons. The van der Waals surface area contributed by atoms with Gasteiger partial charge in [-0.3, -0.25) is 0 Å². The predicted molar refractivity (Wildman–Crippen MR) is 97.6 cm³/mol. The van der Waals surface area contributed by atoms with Crippen LogP contribution >= 0.6 is 0 Å². The highest BCUT2D eigenvalue weighted by Crippen LogP contribution is 2.20.